The third-order valence-electron chi connectivity index (χ3n) is 6.52. The first-order valence-corrected chi connectivity index (χ1v) is 13.6. The second kappa shape index (κ2) is 11.6. The quantitative estimate of drug-likeness (QED) is 0.350. The average molecular weight is 556 g/mol. The number of ether oxygens (including phenoxy) is 3. The number of carbonyl (C=O) groups is 1. The SMILES string of the molecule is CCOc1ccc([C@H]2C(C(=O)Nc3ccccc3)=C(C)N=c3s/c(=C\c4cccc(OC)c4OC)c(=O)n32)cc1. The third-order valence-corrected chi connectivity index (χ3v) is 7.51. The minimum atomic E-state index is -0.690. The Morgan fingerprint density at radius 3 is 2.45 bits per heavy atom. The number of benzene rings is 3. The van der Waals surface area contributed by atoms with Crippen LogP contribution >= 0.6 is 11.3 Å². The average Bonchev–Trinajstić information content (AvgIpc) is 3.27. The molecule has 0 saturated carbocycles. The Morgan fingerprint density at radius 1 is 1.02 bits per heavy atom. The number of hydrogen-bond acceptors (Lipinski definition) is 7. The van der Waals surface area contributed by atoms with E-state index in [0.29, 0.717) is 55.7 Å². The summed E-state index contributed by atoms with van der Waals surface area (Å²) in [5.41, 5.74) is 2.79. The van der Waals surface area contributed by atoms with Crippen LogP contribution in [0.5, 0.6) is 17.2 Å². The Labute approximate surface area is 235 Å². The molecule has 4 aromatic rings. The highest BCUT2D eigenvalue weighted by molar-refractivity contribution is 7.07. The predicted octanol–water partition coefficient (Wildman–Crippen LogP) is 4.29. The van der Waals surface area contributed by atoms with Crippen molar-refractivity contribution in [3.63, 3.8) is 0 Å². The summed E-state index contributed by atoms with van der Waals surface area (Å²) in [6, 6.07) is 21.5. The van der Waals surface area contributed by atoms with Crippen LogP contribution in [0.4, 0.5) is 5.69 Å². The molecule has 1 aliphatic rings. The summed E-state index contributed by atoms with van der Waals surface area (Å²) < 4.78 is 18.7. The molecule has 0 spiro atoms. The standard InChI is InChI=1S/C31H29N3O5S/c1-5-39-23-16-14-20(15-17-23)27-26(29(35)33-22-11-7-6-8-12-22)19(2)32-31-34(27)30(36)25(40-31)18-21-10-9-13-24(37-3)28(21)38-4/h6-18,27H,5H2,1-4H3,(H,33,35)/b25-18-/t27-/m0/s1. The number of para-hydroxylation sites is 2. The Morgan fingerprint density at radius 2 is 1.77 bits per heavy atom. The van der Waals surface area contributed by atoms with Crippen LogP contribution in [0.3, 0.4) is 0 Å². The van der Waals surface area contributed by atoms with Gasteiger partial charge in [-0.3, -0.25) is 14.2 Å². The van der Waals surface area contributed by atoms with E-state index in [4.69, 9.17) is 19.2 Å². The van der Waals surface area contributed by atoms with E-state index in [1.807, 2.05) is 73.7 Å². The van der Waals surface area contributed by atoms with E-state index in [2.05, 4.69) is 5.32 Å². The van der Waals surface area contributed by atoms with Crippen molar-refractivity contribution in [2.75, 3.05) is 26.1 Å². The lowest BCUT2D eigenvalue weighted by Gasteiger charge is -2.25. The summed E-state index contributed by atoms with van der Waals surface area (Å²) in [6.45, 7) is 4.25. The molecule has 0 fully saturated rings. The van der Waals surface area contributed by atoms with Crippen LogP contribution in [0.1, 0.15) is 31.0 Å². The molecule has 204 valence electrons. The van der Waals surface area contributed by atoms with E-state index in [-0.39, 0.29) is 11.5 Å². The second-order valence-electron chi connectivity index (χ2n) is 8.99. The molecule has 1 N–H and O–H groups in total. The number of hydrogen-bond donors (Lipinski definition) is 1. The van der Waals surface area contributed by atoms with Crippen molar-refractivity contribution in [3.05, 3.63) is 115 Å². The number of aromatic nitrogens is 1. The molecular formula is C31H29N3O5S. The maximum Gasteiger partial charge on any atom is 0.271 e. The van der Waals surface area contributed by atoms with E-state index in [1.165, 1.54) is 11.3 Å². The zero-order chi connectivity index (χ0) is 28.2. The molecule has 0 unspecified atom stereocenters. The molecular weight excluding hydrogens is 526 g/mol. The number of thiazole rings is 1. The van der Waals surface area contributed by atoms with Crippen LogP contribution < -0.4 is 34.4 Å². The first kappa shape index (κ1) is 27.0. The molecule has 1 amide bonds. The predicted molar refractivity (Wildman–Crippen MR) is 156 cm³/mol. The Hall–Kier alpha value is -4.63. The summed E-state index contributed by atoms with van der Waals surface area (Å²) in [5.74, 6) is 1.47. The second-order valence-corrected chi connectivity index (χ2v) is 10.00. The first-order valence-electron chi connectivity index (χ1n) is 12.8. The number of carbonyl (C=O) groups excluding carboxylic acids is 1. The van der Waals surface area contributed by atoms with Gasteiger partial charge in [-0.25, -0.2) is 4.99 Å². The van der Waals surface area contributed by atoms with Crippen molar-refractivity contribution in [2.24, 2.45) is 4.99 Å². The van der Waals surface area contributed by atoms with Gasteiger partial charge in [0.2, 0.25) is 0 Å². The number of fused-ring (bicyclic) bond motifs is 1. The minimum Gasteiger partial charge on any atom is -0.494 e. The molecule has 8 nitrogen and oxygen atoms in total. The lowest BCUT2D eigenvalue weighted by molar-refractivity contribution is -0.113. The number of nitrogens with one attached hydrogen (secondary N) is 1. The maximum absolute atomic E-state index is 14.0. The topological polar surface area (TPSA) is 91.2 Å². The van der Waals surface area contributed by atoms with Gasteiger partial charge in [-0.05, 0) is 55.8 Å². The lowest BCUT2D eigenvalue weighted by Crippen LogP contribution is -2.40. The molecule has 9 heteroatoms. The van der Waals surface area contributed by atoms with Crippen molar-refractivity contribution in [3.8, 4) is 17.2 Å². The summed E-state index contributed by atoms with van der Waals surface area (Å²) >= 11 is 1.26. The monoisotopic (exact) mass is 555 g/mol. The number of allylic oxidation sites excluding steroid dienone is 1. The van der Waals surface area contributed by atoms with Crippen LogP contribution in [0.15, 0.2) is 93.9 Å². The van der Waals surface area contributed by atoms with Gasteiger partial charge in [0.15, 0.2) is 16.3 Å². The number of rotatable bonds is 8. The van der Waals surface area contributed by atoms with Crippen LogP contribution in [0.2, 0.25) is 0 Å². The van der Waals surface area contributed by atoms with Crippen molar-refractivity contribution >= 4 is 29.0 Å². The summed E-state index contributed by atoms with van der Waals surface area (Å²) in [7, 11) is 3.13. The lowest BCUT2D eigenvalue weighted by atomic mass is 9.95. The highest BCUT2D eigenvalue weighted by atomic mass is 32.1. The fourth-order valence-electron chi connectivity index (χ4n) is 4.73. The highest BCUT2D eigenvalue weighted by Crippen LogP contribution is 2.33. The summed E-state index contributed by atoms with van der Waals surface area (Å²) in [4.78, 5) is 32.9. The fourth-order valence-corrected chi connectivity index (χ4v) is 5.76. The molecule has 0 aliphatic carbocycles. The van der Waals surface area contributed by atoms with Gasteiger partial charge in [0.25, 0.3) is 11.5 Å². The molecule has 3 aromatic carbocycles. The summed E-state index contributed by atoms with van der Waals surface area (Å²) in [5, 5.41) is 2.97. The van der Waals surface area contributed by atoms with Gasteiger partial charge >= 0.3 is 0 Å². The highest BCUT2D eigenvalue weighted by Gasteiger charge is 2.32. The molecule has 40 heavy (non-hydrogen) atoms. The molecule has 1 atom stereocenters. The zero-order valence-electron chi connectivity index (χ0n) is 22.6. The first-order chi connectivity index (χ1) is 19.4. The van der Waals surface area contributed by atoms with Crippen LogP contribution in [-0.4, -0.2) is 31.3 Å². The van der Waals surface area contributed by atoms with E-state index in [9.17, 15) is 9.59 Å². The van der Waals surface area contributed by atoms with Gasteiger partial charge in [0.1, 0.15) is 5.75 Å². The van der Waals surface area contributed by atoms with E-state index < -0.39 is 6.04 Å². The van der Waals surface area contributed by atoms with E-state index in [1.54, 1.807) is 37.9 Å². The van der Waals surface area contributed by atoms with Gasteiger partial charge in [-0.15, -0.1) is 0 Å². The van der Waals surface area contributed by atoms with Gasteiger partial charge in [-0.2, -0.15) is 0 Å². The third kappa shape index (κ3) is 5.15. The number of anilines is 1. The number of methoxy groups -OCH3 is 2. The normalized spacial score (nSPS) is 14.8. The Bertz CT molecular complexity index is 1760. The van der Waals surface area contributed by atoms with Crippen LogP contribution in [0.25, 0.3) is 6.08 Å². The molecule has 0 saturated heterocycles. The van der Waals surface area contributed by atoms with Crippen LogP contribution in [-0.2, 0) is 4.79 Å². The van der Waals surface area contributed by atoms with Gasteiger partial charge in [0, 0.05) is 11.3 Å². The molecule has 5 rings (SSSR count). The van der Waals surface area contributed by atoms with Crippen molar-refractivity contribution in [2.45, 2.75) is 19.9 Å². The van der Waals surface area contributed by atoms with Crippen molar-refractivity contribution < 1.29 is 19.0 Å². The van der Waals surface area contributed by atoms with E-state index >= 15 is 0 Å². The Kier molecular flexibility index (Phi) is 7.84. The van der Waals surface area contributed by atoms with Crippen molar-refractivity contribution in [1.82, 2.24) is 4.57 Å². The van der Waals surface area contributed by atoms with Gasteiger partial charge in [0.05, 0.1) is 42.7 Å². The number of amides is 1. The Balaban J connectivity index is 1.68. The molecule has 2 heterocycles. The smallest absolute Gasteiger partial charge is 0.271 e. The molecule has 0 radical (unpaired) electrons. The largest absolute Gasteiger partial charge is 0.494 e. The van der Waals surface area contributed by atoms with Crippen molar-refractivity contribution in [1.29, 1.82) is 0 Å². The minimum absolute atomic E-state index is 0.259. The molecule has 1 aliphatic heterocycles. The fraction of sp³-hybridized carbons (Fsp3) is 0.194. The maximum atomic E-state index is 14.0. The zero-order valence-corrected chi connectivity index (χ0v) is 23.5. The summed E-state index contributed by atoms with van der Waals surface area (Å²) in [6.07, 6.45) is 1.77. The number of nitrogens with zero attached hydrogens (tertiary/aromatic N) is 2. The molecule has 0 bridgehead atoms. The van der Waals surface area contributed by atoms with Crippen LogP contribution in [0, 0.1) is 0 Å². The molecule has 1 aromatic heterocycles. The van der Waals surface area contributed by atoms with E-state index in [0.717, 1.165) is 5.56 Å². The van der Waals surface area contributed by atoms with Gasteiger partial charge < -0.3 is 19.5 Å². The van der Waals surface area contributed by atoms with Gasteiger partial charge in [-0.1, -0.05) is 53.8 Å².